The molecule has 2 aliphatic rings. The highest BCUT2D eigenvalue weighted by molar-refractivity contribution is 5.78. The van der Waals surface area contributed by atoms with Crippen molar-refractivity contribution in [3.05, 3.63) is 0 Å². The summed E-state index contributed by atoms with van der Waals surface area (Å²) in [5.74, 6) is -3.28. The lowest BCUT2D eigenvalue weighted by Crippen LogP contribution is -2.59. The third-order valence-corrected chi connectivity index (χ3v) is 3.71. The van der Waals surface area contributed by atoms with Gasteiger partial charge in [-0.15, -0.1) is 0 Å². The van der Waals surface area contributed by atoms with Gasteiger partial charge >= 0.3 is 12.1 Å². The predicted octanol–water partition coefficient (Wildman–Crippen LogP) is -0.484. The van der Waals surface area contributed by atoms with Crippen LogP contribution in [0.25, 0.3) is 0 Å². The Bertz CT molecular complexity index is 473. The summed E-state index contributed by atoms with van der Waals surface area (Å²) in [6.07, 6.45) is -8.96. The molecule has 1 aliphatic carbocycles. The minimum atomic E-state index is -5.22. The van der Waals surface area contributed by atoms with E-state index in [2.05, 4.69) is 15.0 Å². The molecule has 1 saturated heterocycles. The van der Waals surface area contributed by atoms with E-state index in [1.165, 1.54) is 0 Å². The van der Waals surface area contributed by atoms with Gasteiger partial charge in [-0.05, 0) is 6.42 Å². The molecule has 2 rings (SSSR count). The normalized spacial score (nSPS) is 35.4. The zero-order chi connectivity index (χ0) is 17.2. The molecule has 0 radical (unpaired) electrons. The van der Waals surface area contributed by atoms with Gasteiger partial charge in [0.15, 0.2) is 6.10 Å². The van der Waals surface area contributed by atoms with Crippen LogP contribution in [0.3, 0.4) is 0 Å². The van der Waals surface area contributed by atoms with Crippen LogP contribution in [0.15, 0.2) is 4.99 Å². The van der Waals surface area contributed by atoms with Gasteiger partial charge in [0.05, 0.1) is 12.6 Å². The molecular weight excluding hydrogens is 328 g/mol. The number of nitrogens with zero attached hydrogens (tertiary/aromatic N) is 1. The van der Waals surface area contributed by atoms with E-state index >= 15 is 0 Å². The molecule has 0 bridgehead atoms. The summed E-state index contributed by atoms with van der Waals surface area (Å²) in [4.78, 5) is 14.8. The molecule has 0 unspecified atom stereocenters. The molecular formula is C12H16F4N2O5. The summed E-state index contributed by atoms with van der Waals surface area (Å²) in [6.45, 7) is -1.48. The Balaban J connectivity index is 2.17. The maximum atomic E-state index is 12.4. The first-order chi connectivity index (χ1) is 10.8. The average molecular weight is 344 g/mol. The lowest BCUT2D eigenvalue weighted by molar-refractivity contribution is -0.216. The van der Waals surface area contributed by atoms with Crippen LogP contribution < -0.4 is 5.32 Å². The van der Waals surface area contributed by atoms with Crippen molar-refractivity contribution in [2.24, 2.45) is 10.9 Å². The summed E-state index contributed by atoms with van der Waals surface area (Å²) < 4.78 is 58.9. The second-order valence-corrected chi connectivity index (χ2v) is 5.24. The summed E-state index contributed by atoms with van der Waals surface area (Å²) in [7, 11) is 0. The minimum absolute atomic E-state index is 0.100. The molecule has 132 valence electrons. The van der Waals surface area contributed by atoms with Gasteiger partial charge in [-0.2, -0.15) is 13.2 Å². The van der Waals surface area contributed by atoms with Gasteiger partial charge in [0, 0.05) is 12.5 Å². The van der Waals surface area contributed by atoms with Gasteiger partial charge in [0.25, 0.3) is 6.02 Å². The van der Waals surface area contributed by atoms with Gasteiger partial charge in [-0.3, -0.25) is 0 Å². The first kappa shape index (κ1) is 17.7. The molecule has 7 nitrogen and oxygen atoms in total. The Kier molecular flexibility index (Phi) is 5.30. The number of hydrogen-bond acceptors (Lipinski definition) is 6. The van der Waals surface area contributed by atoms with Gasteiger partial charge < -0.3 is 25.0 Å². The molecule has 23 heavy (non-hydrogen) atoms. The number of carbonyl (C=O) groups excluding carboxylic acids is 1. The number of nitrogens with one attached hydrogen (secondary N) is 1. The molecule has 3 N–H and O–H groups in total. The van der Waals surface area contributed by atoms with E-state index in [-0.39, 0.29) is 19.0 Å². The topological polar surface area (TPSA) is 100 Å². The monoisotopic (exact) mass is 344 g/mol. The molecule has 11 heteroatoms. The Morgan fingerprint density at radius 1 is 1.48 bits per heavy atom. The van der Waals surface area contributed by atoms with Crippen molar-refractivity contribution in [3.63, 3.8) is 0 Å². The first-order valence-corrected chi connectivity index (χ1v) is 6.88. The van der Waals surface area contributed by atoms with E-state index in [9.17, 15) is 32.6 Å². The average Bonchev–Trinajstić information content (AvgIpc) is 2.89. The summed E-state index contributed by atoms with van der Waals surface area (Å²) in [6, 6.07) is -1.08. The smallest absolute Gasteiger partial charge is 0.460 e. The van der Waals surface area contributed by atoms with Crippen molar-refractivity contribution in [1.82, 2.24) is 5.32 Å². The maximum Gasteiger partial charge on any atom is 0.490 e. The second-order valence-electron chi connectivity index (χ2n) is 5.24. The van der Waals surface area contributed by atoms with Gasteiger partial charge in [0.2, 0.25) is 0 Å². The zero-order valence-electron chi connectivity index (χ0n) is 11.8. The van der Waals surface area contributed by atoms with Crippen LogP contribution in [0.1, 0.15) is 6.42 Å². The van der Waals surface area contributed by atoms with Crippen LogP contribution in [0.2, 0.25) is 0 Å². The summed E-state index contributed by atoms with van der Waals surface area (Å²) in [5, 5.41) is 21.9. The Morgan fingerprint density at radius 2 is 2.17 bits per heavy atom. The number of rotatable bonds is 4. The lowest BCUT2D eigenvalue weighted by Gasteiger charge is -2.39. The highest BCUT2D eigenvalue weighted by Crippen LogP contribution is 2.33. The third kappa shape index (κ3) is 3.83. The predicted molar refractivity (Wildman–Crippen MR) is 67.2 cm³/mol. The van der Waals surface area contributed by atoms with Crippen LogP contribution >= 0.6 is 0 Å². The number of hydrogen-bond donors (Lipinski definition) is 3. The van der Waals surface area contributed by atoms with Crippen LogP contribution in [-0.4, -0.2) is 72.6 Å². The molecule has 2 fully saturated rings. The Hall–Kier alpha value is -1.62. The van der Waals surface area contributed by atoms with Crippen LogP contribution in [-0.2, 0) is 14.3 Å². The fourth-order valence-electron chi connectivity index (χ4n) is 2.64. The van der Waals surface area contributed by atoms with Crippen molar-refractivity contribution in [2.75, 3.05) is 19.8 Å². The number of aliphatic hydroxyl groups is 2. The van der Waals surface area contributed by atoms with Gasteiger partial charge in [-0.25, -0.2) is 14.2 Å². The van der Waals surface area contributed by atoms with Crippen LogP contribution in [0, 0.1) is 5.92 Å². The summed E-state index contributed by atoms with van der Waals surface area (Å²) in [5.41, 5.74) is 0. The van der Waals surface area contributed by atoms with E-state index < -0.39 is 55.7 Å². The summed E-state index contributed by atoms with van der Waals surface area (Å²) >= 11 is 0. The number of amidine groups is 1. The van der Waals surface area contributed by atoms with Crippen molar-refractivity contribution in [3.8, 4) is 0 Å². The lowest BCUT2D eigenvalue weighted by atomic mass is 9.80. The number of alkyl halides is 4. The highest BCUT2D eigenvalue weighted by Gasteiger charge is 2.53. The molecule has 1 aliphatic heterocycles. The second kappa shape index (κ2) is 6.87. The van der Waals surface area contributed by atoms with Gasteiger partial charge in [-0.1, -0.05) is 0 Å². The van der Waals surface area contributed by atoms with Crippen molar-refractivity contribution < 1.29 is 42.0 Å². The largest absolute Gasteiger partial charge is 0.490 e. The minimum Gasteiger partial charge on any atom is -0.460 e. The molecule has 1 heterocycles. The standard InChI is InChI=1S/C12H16F4N2O5/c13-1-2-17-11-18-7-6(22-11)3-5(4-19)8(20)9(7)23-10(21)12(14,15)16/h5-9,19-20H,1-4H2,(H,17,18)/t5-,6+,7+,8-,9-/m1/s1. The first-order valence-electron chi connectivity index (χ1n) is 6.88. The molecule has 0 aromatic heterocycles. The number of aliphatic hydroxyl groups excluding tert-OH is 2. The van der Waals surface area contributed by atoms with Crippen molar-refractivity contribution in [2.45, 2.75) is 37.0 Å². The molecule has 5 atom stereocenters. The van der Waals surface area contributed by atoms with E-state index in [4.69, 9.17) is 4.74 Å². The maximum absolute atomic E-state index is 12.4. The van der Waals surface area contributed by atoms with E-state index in [1.54, 1.807) is 0 Å². The SMILES string of the molecule is O=C(O[C@H]1[C@H](O)[C@@H](CO)C[C@@H]2OC(=NCCF)N[C@H]12)C(F)(F)F. The van der Waals surface area contributed by atoms with Crippen molar-refractivity contribution >= 4 is 12.0 Å². The number of halogens is 4. The fraction of sp³-hybridized carbons (Fsp3) is 0.833. The Labute approximate surface area is 128 Å². The molecule has 0 aromatic rings. The molecule has 0 amide bonds. The third-order valence-electron chi connectivity index (χ3n) is 3.71. The number of esters is 1. The molecule has 1 saturated carbocycles. The van der Waals surface area contributed by atoms with E-state index in [0.29, 0.717) is 0 Å². The highest BCUT2D eigenvalue weighted by atomic mass is 19.4. The molecule has 0 aromatic carbocycles. The fourth-order valence-corrected chi connectivity index (χ4v) is 2.64. The van der Waals surface area contributed by atoms with Crippen molar-refractivity contribution in [1.29, 1.82) is 0 Å². The number of ether oxygens (including phenoxy) is 2. The van der Waals surface area contributed by atoms with Gasteiger partial charge in [0.1, 0.15) is 18.8 Å². The quantitative estimate of drug-likeness (QED) is 0.470. The Morgan fingerprint density at radius 3 is 2.74 bits per heavy atom. The van der Waals surface area contributed by atoms with Crippen LogP contribution in [0.5, 0.6) is 0 Å². The number of carbonyl (C=O) groups is 1. The van der Waals surface area contributed by atoms with Crippen LogP contribution in [0.4, 0.5) is 17.6 Å². The zero-order valence-corrected chi connectivity index (χ0v) is 11.8. The van der Waals surface area contributed by atoms with E-state index in [1.807, 2.05) is 0 Å². The van der Waals surface area contributed by atoms with E-state index in [0.717, 1.165) is 0 Å². The number of aliphatic imine (C=N–C) groups is 1. The molecule has 0 spiro atoms. The number of fused-ring (bicyclic) bond motifs is 1.